The zero-order valence-corrected chi connectivity index (χ0v) is 6.26. The van der Waals surface area contributed by atoms with Crippen molar-refractivity contribution in [3.63, 3.8) is 0 Å². The molecule has 0 aliphatic heterocycles. The van der Waals surface area contributed by atoms with Gasteiger partial charge in [0.15, 0.2) is 0 Å². The first-order valence-corrected chi connectivity index (χ1v) is 3.53. The van der Waals surface area contributed by atoms with Crippen LogP contribution in [0.5, 0.6) is 0 Å². The smallest absolute Gasteiger partial charge is 0.0568 e. The van der Waals surface area contributed by atoms with E-state index in [0.29, 0.717) is 0 Å². The van der Waals surface area contributed by atoms with Crippen LogP contribution in [0.1, 0.15) is 26.7 Å². The summed E-state index contributed by atoms with van der Waals surface area (Å²) in [5, 5.41) is 8.46. The molecule has 0 fully saturated rings. The van der Waals surface area contributed by atoms with Gasteiger partial charge in [-0.2, -0.15) is 0 Å². The molecule has 0 saturated carbocycles. The molecule has 0 rings (SSSR count). The van der Waals surface area contributed by atoms with Gasteiger partial charge in [-0.05, 0) is 19.8 Å². The highest BCUT2D eigenvalue weighted by Crippen LogP contribution is 1.95. The Morgan fingerprint density at radius 3 is 2.67 bits per heavy atom. The molecule has 0 radical (unpaired) electrons. The van der Waals surface area contributed by atoms with E-state index in [9.17, 15) is 0 Å². The largest absolute Gasteiger partial charge is 0.396 e. The molecule has 0 aromatic carbocycles. The third kappa shape index (κ3) is 5.80. The van der Waals surface area contributed by atoms with Gasteiger partial charge in [0.2, 0.25) is 0 Å². The minimum Gasteiger partial charge on any atom is -0.396 e. The van der Waals surface area contributed by atoms with Crippen molar-refractivity contribution < 1.29 is 9.84 Å². The van der Waals surface area contributed by atoms with Gasteiger partial charge in [0.1, 0.15) is 0 Å². The van der Waals surface area contributed by atoms with Crippen molar-refractivity contribution in [1.82, 2.24) is 0 Å². The number of hydrogen-bond acceptors (Lipinski definition) is 2. The van der Waals surface area contributed by atoms with Gasteiger partial charge in [-0.25, -0.2) is 0 Å². The van der Waals surface area contributed by atoms with Crippen molar-refractivity contribution >= 4 is 0 Å². The average molecular weight is 132 g/mol. The van der Waals surface area contributed by atoms with Crippen LogP contribution in [0, 0.1) is 0 Å². The van der Waals surface area contributed by atoms with E-state index in [4.69, 9.17) is 9.84 Å². The molecule has 0 aromatic heterocycles. The molecule has 0 aromatic rings. The van der Waals surface area contributed by atoms with Gasteiger partial charge in [-0.1, -0.05) is 6.92 Å². The van der Waals surface area contributed by atoms with Crippen LogP contribution in [0.25, 0.3) is 0 Å². The summed E-state index contributed by atoms with van der Waals surface area (Å²) >= 11 is 0. The van der Waals surface area contributed by atoms with E-state index >= 15 is 0 Å². The van der Waals surface area contributed by atoms with E-state index in [1.54, 1.807) is 0 Å². The summed E-state index contributed by atoms with van der Waals surface area (Å²) in [6.45, 7) is 5.09. The SMILES string of the molecule is CCCO[C@@H](C)CCO. The fourth-order valence-electron chi connectivity index (χ4n) is 0.584. The van der Waals surface area contributed by atoms with Gasteiger partial charge in [0.25, 0.3) is 0 Å². The Bertz CT molecular complexity index is 54.9. The summed E-state index contributed by atoms with van der Waals surface area (Å²) in [6, 6.07) is 0. The van der Waals surface area contributed by atoms with Gasteiger partial charge in [-0.3, -0.25) is 0 Å². The first-order valence-electron chi connectivity index (χ1n) is 3.53. The third-order valence-electron chi connectivity index (χ3n) is 1.14. The summed E-state index contributed by atoms with van der Waals surface area (Å²) in [4.78, 5) is 0. The Morgan fingerprint density at radius 1 is 1.56 bits per heavy atom. The number of rotatable bonds is 5. The Labute approximate surface area is 56.8 Å². The molecule has 0 saturated heterocycles. The lowest BCUT2D eigenvalue weighted by Crippen LogP contribution is -2.10. The van der Waals surface area contributed by atoms with Crippen molar-refractivity contribution in [2.75, 3.05) is 13.2 Å². The van der Waals surface area contributed by atoms with Crippen molar-refractivity contribution in [3.8, 4) is 0 Å². The van der Waals surface area contributed by atoms with E-state index in [0.717, 1.165) is 19.4 Å². The molecule has 0 amide bonds. The van der Waals surface area contributed by atoms with Crippen LogP contribution in [0.3, 0.4) is 0 Å². The average Bonchev–Trinajstić information content (AvgIpc) is 1.85. The van der Waals surface area contributed by atoms with Crippen LogP contribution >= 0.6 is 0 Å². The number of aliphatic hydroxyl groups is 1. The molecule has 2 nitrogen and oxygen atoms in total. The molecule has 1 N–H and O–H groups in total. The summed E-state index contributed by atoms with van der Waals surface area (Å²) in [5.74, 6) is 0. The lowest BCUT2D eigenvalue weighted by molar-refractivity contribution is 0.0485. The molecule has 56 valence electrons. The molecule has 0 aliphatic carbocycles. The maximum Gasteiger partial charge on any atom is 0.0568 e. The number of aliphatic hydroxyl groups excluding tert-OH is 1. The van der Waals surface area contributed by atoms with Crippen LogP contribution in [0.2, 0.25) is 0 Å². The maximum absolute atomic E-state index is 8.46. The van der Waals surface area contributed by atoms with E-state index < -0.39 is 0 Å². The fraction of sp³-hybridized carbons (Fsp3) is 1.00. The molecule has 0 aliphatic rings. The second-order valence-corrected chi connectivity index (χ2v) is 2.19. The summed E-state index contributed by atoms with van der Waals surface area (Å²) in [5.41, 5.74) is 0. The van der Waals surface area contributed by atoms with Crippen molar-refractivity contribution in [1.29, 1.82) is 0 Å². The van der Waals surface area contributed by atoms with Gasteiger partial charge in [-0.15, -0.1) is 0 Å². The van der Waals surface area contributed by atoms with Crippen LogP contribution in [-0.2, 0) is 4.74 Å². The van der Waals surface area contributed by atoms with Crippen LogP contribution in [0.15, 0.2) is 0 Å². The van der Waals surface area contributed by atoms with E-state index in [1.807, 2.05) is 6.92 Å². The predicted octanol–water partition coefficient (Wildman–Crippen LogP) is 1.18. The van der Waals surface area contributed by atoms with Gasteiger partial charge in [0, 0.05) is 13.2 Å². The molecule has 0 spiro atoms. The second kappa shape index (κ2) is 6.05. The lowest BCUT2D eigenvalue weighted by atomic mass is 10.3. The van der Waals surface area contributed by atoms with E-state index in [-0.39, 0.29) is 12.7 Å². The van der Waals surface area contributed by atoms with E-state index in [2.05, 4.69) is 6.92 Å². The fourth-order valence-corrected chi connectivity index (χ4v) is 0.584. The predicted molar refractivity (Wildman–Crippen MR) is 37.4 cm³/mol. The highest BCUT2D eigenvalue weighted by atomic mass is 16.5. The van der Waals surface area contributed by atoms with Gasteiger partial charge >= 0.3 is 0 Å². The minimum absolute atomic E-state index is 0.218. The maximum atomic E-state index is 8.46. The zero-order valence-electron chi connectivity index (χ0n) is 6.26. The molecule has 1 atom stereocenters. The topological polar surface area (TPSA) is 29.5 Å². The lowest BCUT2D eigenvalue weighted by Gasteiger charge is -2.09. The third-order valence-corrected chi connectivity index (χ3v) is 1.14. The first-order chi connectivity index (χ1) is 4.31. The van der Waals surface area contributed by atoms with Crippen molar-refractivity contribution in [2.24, 2.45) is 0 Å². The van der Waals surface area contributed by atoms with Gasteiger partial charge < -0.3 is 9.84 Å². The Kier molecular flexibility index (Phi) is 5.99. The Morgan fingerprint density at radius 2 is 2.22 bits per heavy atom. The van der Waals surface area contributed by atoms with E-state index in [1.165, 1.54) is 0 Å². The molecule has 9 heavy (non-hydrogen) atoms. The molecule has 0 bridgehead atoms. The molecular formula is C7H16O2. The monoisotopic (exact) mass is 132 g/mol. The number of hydrogen-bond donors (Lipinski definition) is 1. The molecular weight excluding hydrogens is 116 g/mol. The summed E-state index contributed by atoms with van der Waals surface area (Å²) < 4.78 is 5.27. The highest BCUT2D eigenvalue weighted by Gasteiger charge is 1.97. The quantitative estimate of drug-likeness (QED) is 0.608. The second-order valence-electron chi connectivity index (χ2n) is 2.19. The molecule has 0 unspecified atom stereocenters. The van der Waals surface area contributed by atoms with Crippen molar-refractivity contribution in [2.45, 2.75) is 32.8 Å². The first kappa shape index (κ1) is 8.92. The summed E-state index contributed by atoms with van der Waals surface area (Å²) in [7, 11) is 0. The van der Waals surface area contributed by atoms with Crippen molar-refractivity contribution in [3.05, 3.63) is 0 Å². The van der Waals surface area contributed by atoms with Crippen LogP contribution in [0.4, 0.5) is 0 Å². The number of ether oxygens (including phenoxy) is 1. The highest BCUT2D eigenvalue weighted by molar-refractivity contribution is 4.46. The zero-order chi connectivity index (χ0) is 7.11. The van der Waals surface area contributed by atoms with Gasteiger partial charge in [0.05, 0.1) is 6.10 Å². The minimum atomic E-state index is 0.218. The Hall–Kier alpha value is -0.0800. The van der Waals surface area contributed by atoms with Crippen LogP contribution < -0.4 is 0 Å². The van der Waals surface area contributed by atoms with Crippen LogP contribution in [-0.4, -0.2) is 24.4 Å². The molecule has 2 heteroatoms. The summed E-state index contributed by atoms with van der Waals surface area (Å²) in [6.07, 6.45) is 2.02. The normalized spacial score (nSPS) is 13.7. The Balaban J connectivity index is 2.95. The molecule has 0 heterocycles. The standard InChI is InChI=1S/C7H16O2/c1-3-6-9-7(2)4-5-8/h7-8H,3-6H2,1-2H3/t7-/m0/s1.